The highest BCUT2D eigenvalue weighted by molar-refractivity contribution is 5.22. The molecule has 2 rings (SSSR count). The van der Waals surface area contributed by atoms with Crippen LogP contribution in [0, 0.1) is 0 Å². The number of hydrogen-bond donors (Lipinski definition) is 4. The van der Waals surface area contributed by atoms with Gasteiger partial charge in [0, 0.05) is 6.04 Å². The van der Waals surface area contributed by atoms with Crippen LogP contribution >= 0.6 is 0 Å². The molecule has 1 fully saturated rings. The number of hydrogen-bond acceptors (Lipinski definition) is 5. The molecular weight excluding hydrogens is 378 g/mol. The average Bonchev–Trinajstić information content (AvgIpc) is 2.74. The molecule has 5 atom stereocenters. The predicted octanol–water partition coefficient (Wildman–Crippen LogP) is 3.93. The summed E-state index contributed by atoms with van der Waals surface area (Å²) in [5.74, 6) is 0. The van der Waals surface area contributed by atoms with E-state index in [1.165, 1.54) is 83.5 Å². The van der Waals surface area contributed by atoms with E-state index in [1.807, 2.05) is 0 Å². The maximum absolute atomic E-state index is 10.7. The van der Waals surface area contributed by atoms with Crippen LogP contribution in [0.25, 0.3) is 0 Å². The lowest BCUT2D eigenvalue weighted by Gasteiger charge is -2.43. The Balaban J connectivity index is 2.02. The van der Waals surface area contributed by atoms with Gasteiger partial charge in [-0.1, -0.05) is 89.5 Å². The van der Waals surface area contributed by atoms with Crippen LogP contribution in [0.15, 0.2) is 11.6 Å². The first-order valence-electron chi connectivity index (χ1n) is 12.7. The molecule has 3 unspecified atom stereocenters. The molecule has 0 spiro atoms. The minimum absolute atomic E-state index is 0.288. The molecule has 1 aliphatic carbocycles. The number of rotatable bonds is 2. The van der Waals surface area contributed by atoms with Crippen LogP contribution in [-0.2, 0) is 0 Å². The first-order valence-corrected chi connectivity index (χ1v) is 12.7. The quantitative estimate of drug-likeness (QED) is 0.504. The molecule has 1 heterocycles. The average molecular weight is 426 g/mol. The zero-order valence-corrected chi connectivity index (χ0v) is 19.2. The molecule has 1 saturated heterocycles. The van der Waals surface area contributed by atoms with Crippen molar-refractivity contribution in [2.24, 2.45) is 0 Å². The van der Waals surface area contributed by atoms with Gasteiger partial charge in [0.2, 0.25) is 0 Å². The third kappa shape index (κ3) is 8.23. The van der Waals surface area contributed by atoms with Crippen LogP contribution in [0.2, 0.25) is 0 Å². The van der Waals surface area contributed by atoms with Crippen molar-refractivity contribution in [2.45, 2.75) is 134 Å². The number of aliphatic hydroxyl groups excluding tert-OH is 4. The highest BCUT2D eigenvalue weighted by atomic mass is 16.4. The molecular formula is C25H47NO4. The van der Waals surface area contributed by atoms with Crippen LogP contribution in [0.5, 0.6) is 0 Å². The van der Waals surface area contributed by atoms with Gasteiger partial charge < -0.3 is 20.4 Å². The smallest absolute Gasteiger partial charge is 0.111 e. The SMILES string of the molecule is CC1CCCCCCCCCCCCCCCCN1[C@@H]1C=C(CO)C(O)[C@H](O)C1O. The molecule has 176 valence electrons. The van der Waals surface area contributed by atoms with E-state index in [0.29, 0.717) is 11.6 Å². The second kappa shape index (κ2) is 14.6. The Morgan fingerprint density at radius 2 is 1.20 bits per heavy atom. The normalized spacial score (nSPS) is 35.2. The van der Waals surface area contributed by atoms with E-state index >= 15 is 0 Å². The summed E-state index contributed by atoms with van der Waals surface area (Å²) in [5, 5.41) is 40.8. The molecule has 0 saturated carbocycles. The van der Waals surface area contributed by atoms with Gasteiger partial charge in [-0.05, 0) is 31.9 Å². The number of aliphatic hydroxyl groups is 4. The molecule has 0 aromatic rings. The van der Waals surface area contributed by atoms with Crippen LogP contribution in [0.3, 0.4) is 0 Å². The van der Waals surface area contributed by atoms with E-state index in [-0.39, 0.29) is 12.6 Å². The minimum Gasteiger partial charge on any atom is -0.392 e. The first-order chi connectivity index (χ1) is 14.6. The third-order valence-electron chi connectivity index (χ3n) is 7.21. The molecule has 30 heavy (non-hydrogen) atoms. The van der Waals surface area contributed by atoms with E-state index in [1.54, 1.807) is 6.08 Å². The van der Waals surface area contributed by atoms with Gasteiger partial charge in [-0.2, -0.15) is 0 Å². The molecule has 0 bridgehead atoms. The Morgan fingerprint density at radius 3 is 1.70 bits per heavy atom. The second-order valence-corrected chi connectivity index (χ2v) is 9.64. The van der Waals surface area contributed by atoms with Crippen molar-refractivity contribution in [1.29, 1.82) is 0 Å². The van der Waals surface area contributed by atoms with E-state index in [2.05, 4.69) is 11.8 Å². The zero-order valence-electron chi connectivity index (χ0n) is 19.2. The minimum atomic E-state index is -1.25. The van der Waals surface area contributed by atoms with E-state index < -0.39 is 18.3 Å². The van der Waals surface area contributed by atoms with Crippen molar-refractivity contribution in [2.75, 3.05) is 13.2 Å². The van der Waals surface area contributed by atoms with Gasteiger partial charge in [0.15, 0.2) is 0 Å². The molecule has 0 amide bonds. The molecule has 5 nitrogen and oxygen atoms in total. The lowest BCUT2D eigenvalue weighted by atomic mass is 9.86. The number of nitrogens with zero attached hydrogens (tertiary/aromatic N) is 1. The summed E-state index contributed by atoms with van der Waals surface area (Å²) < 4.78 is 0. The Kier molecular flexibility index (Phi) is 12.5. The van der Waals surface area contributed by atoms with Crippen molar-refractivity contribution in [1.82, 2.24) is 4.90 Å². The zero-order chi connectivity index (χ0) is 21.8. The van der Waals surface area contributed by atoms with Crippen molar-refractivity contribution < 1.29 is 20.4 Å². The molecule has 5 heteroatoms. The van der Waals surface area contributed by atoms with Crippen molar-refractivity contribution in [3.8, 4) is 0 Å². The Hall–Kier alpha value is -0.460. The second-order valence-electron chi connectivity index (χ2n) is 9.64. The van der Waals surface area contributed by atoms with Gasteiger partial charge in [-0.3, -0.25) is 4.90 Å². The van der Waals surface area contributed by atoms with Gasteiger partial charge in [0.25, 0.3) is 0 Å². The molecule has 0 aromatic carbocycles. The van der Waals surface area contributed by atoms with Crippen molar-refractivity contribution in [3.63, 3.8) is 0 Å². The fraction of sp³-hybridized carbons (Fsp3) is 0.920. The molecule has 0 aromatic heterocycles. The summed E-state index contributed by atoms with van der Waals surface area (Å²) in [6, 6.07) is -0.0617. The molecule has 2 aliphatic rings. The molecule has 1 aliphatic heterocycles. The van der Waals surface area contributed by atoms with E-state index in [4.69, 9.17) is 0 Å². The van der Waals surface area contributed by atoms with Crippen LogP contribution in [0.1, 0.15) is 103 Å². The summed E-state index contributed by atoms with van der Waals surface area (Å²) >= 11 is 0. The Labute approximate surface area is 184 Å². The fourth-order valence-corrected chi connectivity index (χ4v) is 5.15. The van der Waals surface area contributed by atoms with E-state index in [0.717, 1.165) is 19.4 Å². The Bertz CT molecular complexity index is 484. The molecule has 0 radical (unpaired) electrons. The van der Waals surface area contributed by atoms with Crippen molar-refractivity contribution in [3.05, 3.63) is 11.6 Å². The summed E-state index contributed by atoms with van der Waals surface area (Å²) in [6.07, 6.45) is 17.6. The lowest BCUT2D eigenvalue weighted by molar-refractivity contribution is -0.0882. The predicted molar refractivity (Wildman–Crippen MR) is 122 cm³/mol. The largest absolute Gasteiger partial charge is 0.392 e. The lowest BCUT2D eigenvalue weighted by Crippen LogP contribution is -2.57. The highest BCUT2D eigenvalue weighted by Gasteiger charge is 2.40. The van der Waals surface area contributed by atoms with Gasteiger partial charge >= 0.3 is 0 Å². The maximum Gasteiger partial charge on any atom is 0.111 e. The van der Waals surface area contributed by atoms with Gasteiger partial charge in [0.1, 0.15) is 18.3 Å². The fourth-order valence-electron chi connectivity index (χ4n) is 5.15. The van der Waals surface area contributed by atoms with Crippen molar-refractivity contribution >= 4 is 0 Å². The molecule has 4 N–H and O–H groups in total. The first kappa shape index (κ1) is 25.8. The topological polar surface area (TPSA) is 84.2 Å². The summed E-state index contributed by atoms with van der Waals surface area (Å²) in [7, 11) is 0. The van der Waals surface area contributed by atoms with Gasteiger partial charge in [-0.25, -0.2) is 0 Å². The Morgan fingerprint density at radius 1 is 0.733 bits per heavy atom. The summed E-state index contributed by atoms with van der Waals surface area (Å²) in [4.78, 5) is 2.30. The third-order valence-corrected chi connectivity index (χ3v) is 7.21. The highest BCUT2D eigenvalue weighted by Crippen LogP contribution is 2.27. The van der Waals surface area contributed by atoms with E-state index in [9.17, 15) is 20.4 Å². The maximum atomic E-state index is 10.7. The van der Waals surface area contributed by atoms with Crippen LogP contribution in [-0.4, -0.2) is 68.9 Å². The monoisotopic (exact) mass is 425 g/mol. The van der Waals surface area contributed by atoms with Gasteiger partial charge in [0.05, 0.1) is 12.6 Å². The van der Waals surface area contributed by atoms with Gasteiger partial charge in [-0.15, -0.1) is 0 Å². The summed E-state index contributed by atoms with van der Waals surface area (Å²) in [5.41, 5.74) is 0.421. The standard InChI is InChI=1S/C25H47NO4/c1-20-16-14-12-10-8-6-4-2-3-5-7-9-11-13-15-17-26(20)22-18-21(19-27)23(28)25(30)24(22)29/h18,20,22-25,27-30H,2-17,19H2,1H3/t20?,22-,23?,24?,25+/m1/s1. The summed E-state index contributed by atoms with van der Waals surface area (Å²) in [6.45, 7) is 2.81. The van der Waals surface area contributed by atoms with Crippen LogP contribution in [0.4, 0.5) is 0 Å². The van der Waals surface area contributed by atoms with Crippen LogP contribution < -0.4 is 0 Å².